The van der Waals surface area contributed by atoms with Gasteiger partial charge in [-0.1, -0.05) is 91.0 Å². The molecule has 0 fully saturated rings. The quantitative estimate of drug-likeness (QED) is 0.294. The van der Waals surface area contributed by atoms with Crippen LogP contribution in [-0.2, 0) is 0 Å². The summed E-state index contributed by atoms with van der Waals surface area (Å²) in [6.45, 7) is 1.89. The fourth-order valence-corrected chi connectivity index (χ4v) is 4.06. The molecule has 0 bridgehead atoms. The summed E-state index contributed by atoms with van der Waals surface area (Å²) in [6.07, 6.45) is 0. The first-order chi connectivity index (χ1) is 16.2. The Morgan fingerprint density at radius 3 is 1.85 bits per heavy atom. The molecule has 3 nitrogen and oxygen atoms in total. The molecule has 4 aromatic carbocycles. The second-order valence-corrected chi connectivity index (χ2v) is 7.82. The smallest absolute Gasteiger partial charge is 0.185 e. The molecule has 0 spiro atoms. The lowest BCUT2D eigenvalue weighted by Gasteiger charge is -2.23. The average molecular weight is 430 g/mol. The molecule has 0 atom stereocenters. The Morgan fingerprint density at radius 1 is 0.636 bits per heavy atom. The van der Waals surface area contributed by atoms with E-state index < -0.39 is 0 Å². The molecule has 0 unspecified atom stereocenters. The van der Waals surface area contributed by atoms with Gasteiger partial charge in [-0.3, -0.25) is 4.79 Å². The van der Waals surface area contributed by atoms with E-state index in [2.05, 4.69) is 4.57 Å². The standard InChI is InChI=1S/C30H23NO2/c1-22-28(32)21-27(23-13-5-2-6-14-23)31(30(22)24-15-7-3-8-16-24)26-19-11-12-20-29(26)33-25-17-9-4-10-18-25/h2-21H,1H3. The summed E-state index contributed by atoms with van der Waals surface area (Å²) in [5, 5.41) is 0. The molecule has 0 saturated carbocycles. The molecule has 1 aromatic heterocycles. The molecule has 0 aliphatic carbocycles. The van der Waals surface area contributed by atoms with Crippen LogP contribution < -0.4 is 10.2 Å². The molecule has 0 radical (unpaired) electrons. The van der Waals surface area contributed by atoms with E-state index in [-0.39, 0.29) is 5.43 Å². The Balaban J connectivity index is 1.84. The Bertz CT molecular complexity index is 1440. The minimum Gasteiger partial charge on any atom is -0.455 e. The van der Waals surface area contributed by atoms with Gasteiger partial charge in [-0.05, 0) is 42.3 Å². The lowest BCUT2D eigenvalue weighted by Crippen LogP contribution is -2.16. The Hall–Kier alpha value is -4.37. The van der Waals surface area contributed by atoms with Gasteiger partial charge in [0.1, 0.15) is 5.75 Å². The van der Waals surface area contributed by atoms with Crippen LogP contribution in [0.3, 0.4) is 0 Å². The van der Waals surface area contributed by atoms with Crippen molar-refractivity contribution in [2.45, 2.75) is 6.92 Å². The topological polar surface area (TPSA) is 31.2 Å². The van der Waals surface area contributed by atoms with E-state index in [9.17, 15) is 4.79 Å². The van der Waals surface area contributed by atoms with Gasteiger partial charge in [-0.2, -0.15) is 0 Å². The minimum absolute atomic E-state index is 0.00501. The molecule has 0 saturated heterocycles. The zero-order chi connectivity index (χ0) is 22.6. The van der Waals surface area contributed by atoms with Gasteiger partial charge in [0, 0.05) is 11.6 Å². The van der Waals surface area contributed by atoms with E-state index >= 15 is 0 Å². The number of pyridine rings is 1. The van der Waals surface area contributed by atoms with Crippen molar-refractivity contribution in [2.24, 2.45) is 0 Å². The van der Waals surface area contributed by atoms with Crippen LogP contribution in [0.4, 0.5) is 0 Å². The van der Waals surface area contributed by atoms with E-state index in [0.717, 1.165) is 34.0 Å². The van der Waals surface area contributed by atoms with Crippen LogP contribution >= 0.6 is 0 Å². The average Bonchev–Trinajstić information content (AvgIpc) is 2.87. The van der Waals surface area contributed by atoms with Crippen LogP contribution in [-0.4, -0.2) is 4.57 Å². The highest BCUT2D eigenvalue weighted by molar-refractivity contribution is 5.74. The SMILES string of the molecule is Cc1c(-c2ccccc2)n(-c2ccccc2Oc2ccccc2)c(-c2ccccc2)cc1=O. The maximum absolute atomic E-state index is 13.1. The van der Waals surface area contributed by atoms with Crippen molar-refractivity contribution in [2.75, 3.05) is 0 Å². The molecule has 160 valence electrons. The molecule has 0 N–H and O–H groups in total. The second kappa shape index (κ2) is 9.01. The van der Waals surface area contributed by atoms with Crippen molar-refractivity contribution in [3.05, 3.63) is 137 Å². The van der Waals surface area contributed by atoms with E-state index in [4.69, 9.17) is 4.74 Å². The van der Waals surface area contributed by atoms with E-state index in [1.165, 1.54) is 0 Å². The zero-order valence-electron chi connectivity index (χ0n) is 18.3. The first-order valence-electron chi connectivity index (χ1n) is 10.9. The summed E-state index contributed by atoms with van der Waals surface area (Å²) >= 11 is 0. The van der Waals surface area contributed by atoms with Gasteiger partial charge in [0.2, 0.25) is 0 Å². The molecule has 5 aromatic rings. The summed E-state index contributed by atoms with van der Waals surface area (Å²) in [7, 11) is 0. The van der Waals surface area contributed by atoms with Gasteiger partial charge >= 0.3 is 0 Å². The monoisotopic (exact) mass is 429 g/mol. The molecular weight excluding hydrogens is 406 g/mol. The molecule has 0 aliphatic heterocycles. The van der Waals surface area contributed by atoms with Crippen molar-refractivity contribution >= 4 is 0 Å². The van der Waals surface area contributed by atoms with Crippen LogP contribution in [0, 0.1) is 6.92 Å². The number of rotatable bonds is 5. The number of benzene rings is 4. The molecular formula is C30H23NO2. The normalized spacial score (nSPS) is 10.7. The maximum atomic E-state index is 13.1. The predicted octanol–water partition coefficient (Wildman–Crippen LogP) is 7.27. The third-order valence-corrected chi connectivity index (χ3v) is 5.65. The van der Waals surface area contributed by atoms with Crippen molar-refractivity contribution in [1.29, 1.82) is 0 Å². The van der Waals surface area contributed by atoms with Crippen molar-refractivity contribution in [1.82, 2.24) is 4.57 Å². The lowest BCUT2D eigenvalue weighted by molar-refractivity contribution is 0.480. The third kappa shape index (κ3) is 4.09. The van der Waals surface area contributed by atoms with Crippen molar-refractivity contribution in [3.8, 4) is 39.7 Å². The Labute approximate surface area is 193 Å². The number of hydrogen-bond acceptors (Lipinski definition) is 2. The van der Waals surface area contributed by atoms with Gasteiger partial charge in [-0.25, -0.2) is 0 Å². The van der Waals surface area contributed by atoms with Crippen LogP contribution in [0.25, 0.3) is 28.2 Å². The molecule has 3 heteroatoms. The highest BCUT2D eigenvalue weighted by atomic mass is 16.5. The molecule has 33 heavy (non-hydrogen) atoms. The van der Waals surface area contributed by atoms with Gasteiger partial charge in [0.05, 0.1) is 17.1 Å². The summed E-state index contributed by atoms with van der Waals surface area (Å²) in [5.74, 6) is 1.46. The molecule has 5 rings (SSSR count). The fourth-order valence-electron chi connectivity index (χ4n) is 4.06. The number of aromatic nitrogens is 1. The largest absolute Gasteiger partial charge is 0.455 e. The third-order valence-electron chi connectivity index (χ3n) is 5.65. The zero-order valence-corrected chi connectivity index (χ0v) is 18.3. The fraction of sp³-hybridized carbons (Fsp3) is 0.0333. The highest BCUT2D eigenvalue weighted by Gasteiger charge is 2.19. The molecule has 0 aliphatic rings. The van der Waals surface area contributed by atoms with Crippen molar-refractivity contribution in [3.63, 3.8) is 0 Å². The van der Waals surface area contributed by atoms with Gasteiger partial charge < -0.3 is 9.30 Å². The van der Waals surface area contributed by atoms with E-state index in [1.807, 2.05) is 122 Å². The minimum atomic E-state index is 0.00501. The molecule has 0 amide bonds. The summed E-state index contributed by atoms with van der Waals surface area (Å²) < 4.78 is 8.46. The summed E-state index contributed by atoms with van der Waals surface area (Å²) in [4.78, 5) is 13.1. The van der Waals surface area contributed by atoms with Crippen LogP contribution in [0.2, 0.25) is 0 Å². The second-order valence-electron chi connectivity index (χ2n) is 7.82. The number of hydrogen-bond donors (Lipinski definition) is 0. The van der Waals surface area contributed by atoms with Crippen molar-refractivity contribution < 1.29 is 4.74 Å². The van der Waals surface area contributed by atoms with Crippen LogP contribution in [0.1, 0.15) is 5.56 Å². The number of ether oxygens (including phenoxy) is 1. The van der Waals surface area contributed by atoms with Gasteiger partial charge in [-0.15, -0.1) is 0 Å². The Kier molecular flexibility index (Phi) is 5.61. The first-order valence-corrected chi connectivity index (χ1v) is 10.9. The molecule has 1 heterocycles. The highest BCUT2D eigenvalue weighted by Crippen LogP contribution is 2.36. The first kappa shape index (κ1) is 20.5. The predicted molar refractivity (Wildman–Crippen MR) is 134 cm³/mol. The van der Waals surface area contributed by atoms with E-state index in [0.29, 0.717) is 11.3 Å². The summed E-state index contributed by atoms with van der Waals surface area (Å²) in [5.41, 5.74) is 5.16. The number of nitrogens with zero attached hydrogens (tertiary/aromatic N) is 1. The maximum Gasteiger partial charge on any atom is 0.185 e. The number of para-hydroxylation sites is 3. The van der Waals surface area contributed by atoms with Gasteiger partial charge in [0.25, 0.3) is 0 Å². The summed E-state index contributed by atoms with van der Waals surface area (Å²) in [6, 6.07) is 39.4. The Morgan fingerprint density at radius 2 is 1.18 bits per heavy atom. The van der Waals surface area contributed by atoms with Crippen LogP contribution in [0.15, 0.2) is 126 Å². The van der Waals surface area contributed by atoms with E-state index in [1.54, 1.807) is 6.07 Å². The lowest BCUT2D eigenvalue weighted by atomic mass is 10.0. The van der Waals surface area contributed by atoms with Gasteiger partial charge in [0.15, 0.2) is 11.2 Å². The van der Waals surface area contributed by atoms with Crippen LogP contribution in [0.5, 0.6) is 11.5 Å².